The van der Waals surface area contributed by atoms with E-state index < -0.39 is 0 Å². The standard InChI is InChI=1S/C10H17N/c1-3-4-5-10-6-8-11(2)9-7-10/h3-5,10H,1,6-9H2,2H3/b5-4+. The molecule has 11 heavy (non-hydrogen) atoms. The number of likely N-dealkylation sites (tertiary alicyclic amines) is 1. The lowest BCUT2D eigenvalue weighted by Gasteiger charge is -2.26. The highest BCUT2D eigenvalue weighted by atomic mass is 15.1. The van der Waals surface area contributed by atoms with Crippen molar-refractivity contribution < 1.29 is 0 Å². The summed E-state index contributed by atoms with van der Waals surface area (Å²) in [7, 11) is 2.19. The maximum Gasteiger partial charge on any atom is -0.00162 e. The smallest absolute Gasteiger partial charge is 0.00162 e. The molecule has 0 spiro atoms. The van der Waals surface area contributed by atoms with E-state index >= 15 is 0 Å². The number of nitrogens with zero attached hydrogens (tertiary/aromatic N) is 1. The van der Waals surface area contributed by atoms with Crippen molar-refractivity contribution in [3.63, 3.8) is 0 Å². The van der Waals surface area contributed by atoms with Gasteiger partial charge in [0.25, 0.3) is 0 Å². The van der Waals surface area contributed by atoms with Crippen LogP contribution in [0.2, 0.25) is 0 Å². The van der Waals surface area contributed by atoms with E-state index in [0.29, 0.717) is 0 Å². The van der Waals surface area contributed by atoms with Gasteiger partial charge in [0.15, 0.2) is 0 Å². The lowest BCUT2D eigenvalue weighted by atomic mass is 9.97. The third kappa shape index (κ3) is 2.89. The van der Waals surface area contributed by atoms with Crippen molar-refractivity contribution in [1.82, 2.24) is 4.90 Å². The Bertz CT molecular complexity index is 141. The van der Waals surface area contributed by atoms with Gasteiger partial charge in [-0.3, -0.25) is 0 Å². The molecule has 1 rings (SSSR count). The van der Waals surface area contributed by atoms with Crippen LogP contribution in [0.3, 0.4) is 0 Å². The van der Waals surface area contributed by atoms with Crippen molar-refractivity contribution in [1.29, 1.82) is 0 Å². The summed E-state index contributed by atoms with van der Waals surface area (Å²) in [5.74, 6) is 0.796. The van der Waals surface area contributed by atoms with Crippen molar-refractivity contribution in [3.05, 3.63) is 24.8 Å². The zero-order valence-corrected chi connectivity index (χ0v) is 7.29. The van der Waals surface area contributed by atoms with Crippen LogP contribution in [0.5, 0.6) is 0 Å². The van der Waals surface area contributed by atoms with Gasteiger partial charge in [-0.2, -0.15) is 0 Å². The fourth-order valence-corrected chi connectivity index (χ4v) is 1.46. The van der Waals surface area contributed by atoms with Crippen LogP contribution in [0.1, 0.15) is 12.8 Å². The molecule has 62 valence electrons. The van der Waals surface area contributed by atoms with E-state index in [4.69, 9.17) is 0 Å². The normalized spacial score (nSPS) is 22.6. The summed E-state index contributed by atoms with van der Waals surface area (Å²) in [4.78, 5) is 2.39. The molecule has 1 aliphatic heterocycles. The Hall–Kier alpha value is -0.560. The van der Waals surface area contributed by atoms with Gasteiger partial charge in [-0.1, -0.05) is 24.8 Å². The van der Waals surface area contributed by atoms with Crippen LogP contribution in [0.25, 0.3) is 0 Å². The van der Waals surface area contributed by atoms with E-state index in [1.165, 1.54) is 25.9 Å². The molecule has 0 aromatic heterocycles. The van der Waals surface area contributed by atoms with E-state index in [1.807, 2.05) is 6.08 Å². The van der Waals surface area contributed by atoms with E-state index in [0.717, 1.165) is 5.92 Å². The van der Waals surface area contributed by atoms with Crippen molar-refractivity contribution in [2.24, 2.45) is 5.92 Å². The first-order valence-corrected chi connectivity index (χ1v) is 4.30. The van der Waals surface area contributed by atoms with Crippen LogP contribution in [-0.2, 0) is 0 Å². The minimum atomic E-state index is 0.796. The summed E-state index contributed by atoms with van der Waals surface area (Å²) in [6.45, 7) is 6.15. The van der Waals surface area contributed by atoms with Gasteiger partial charge < -0.3 is 4.90 Å². The number of allylic oxidation sites excluding steroid dienone is 3. The fraction of sp³-hybridized carbons (Fsp3) is 0.600. The first-order valence-electron chi connectivity index (χ1n) is 4.30. The zero-order chi connectivity index (χ0) is 8.10. The first kappa shape index (κ1) is 8.54. The van der Waals surface area contributed by atoms with Gasteiger partial charge in [-0.05, 0) is 38.9 Å². The summed E-state index contributed by atoms with van der Waals surface area (Å²) in [5, 5.41) is 0. The monoisotopic (exact) mass is 151 g/mol. The maximum atomic E-state index is 3.66. The van der Waals surface area contributed by atoms with Crippen molar-refractivity contribution >= 4 is 0 Å². The summed E-state index contributed by atoms with van der Waals surface area (Å²) in [6.07, 6.45) is 8.82. The third-order valence-corrected chi connectivity index (χ3v) is 2.28. The molecule has 0 unspecified atom stereocenters. The Kier molecular flexibility index (Phi) is 3.37. The van der Waals surface area contributed by atoms with Gasteiger partial charge in [0.2, 0.25) is 0 Å². The summed E-state index contributed by atoms with van der Waals surface area (Å²) in [6, 6.07) is 0. The van der Waals surface area contributed by atoms with Crippen LogP contribution in [0.4, 0.5) is 0 Å². The lowest BCUT2D eigenvalue weighted by Crippen LogP contribution is -2.29. The predicted octanol–water partition coefficient (Wildman–Crippen LogP) is 2.07. The minimum Gasteiger partial charge on any atom is -0.306 e. The van der Waals surface area contributed by atoms with Gasteiger partial charge in [-0.15, -0.1) is 0 Å². The van der Waals surface area contributed by atoms with Crippen LogP contribution >= 0.6 is 0 Å². The largest absolute Gasteiger partial charge is 0.306 e. The highest BCUT2D eigenvalue weighted by Crippen LogP contribution is 2.16. The second-order valence-corrected chi connectivity index (χ2v) is 3.26. The summed E-state index contributed by atoms with van der Waals surface area (Å²) in [5.41, 5.74) is 0. The molecule has 0 atom stereocenters. The van der Waals surface area contributed by atoms with Gasteiger partial charge in [-0.25, -0.2) is 0 Å². The molecule has 1 saturated heterocycles. The average molecular weight is 151 g/mol. The molecule has 1 fully saturated rings. The average Bonchev–Trinajstić information content (AvgIpc) is 2.04. The highest BCUT2D eigenvalue weighted by molar-refractivity contribution is 5.00. The molecule has 1 heterocycles. The van der Waals surface area contributed by atoms with E-state index in [-0.39, 0.29) is 0 Å². The molecule has 0 N–H and O–H groups in total. The Morgan fingerprint density at radius 2 is 2.00 bits per heavy atom. The number of hydrogen-bond acceptors (Lipinski definition) is 1. The van der Waals surface area contributed by atoms with E-state index in [1.54, 1.807) is 0 Å². The minimum absolute atomic E-state index is 0.796. The molecule has 0 aliphatic carbocycles. The van der Waals surface area contributed by atoms with Gasteiger partial charge in [0.1, 0.15) is 0 Å². The maximum absolute atomic E-state index is 3.66. The van der Waals surface area contributed by atoms with Gasteiger partial charge >= 0.3 is 0 Å². The zero-order valence-electron chi connectivity index (χ0n) is 7.29. The van der Waals surface area contributed by atoms with E-state index in [2.05, 4.69) is 30.7 Å². The Morgan fingerprint density at radius 1 is 1.36 bits per heavy atom. The second kappa shape index (κ2) is 4.35. The highest BCUT2D eigenvalue weighted by Gasteiger charge is 2.12. The predicted molar refractivity (Wildman–Crippen MR) is 49.6 cm³/mol. The molecule has 0 aromatic carbocycles. The van der Waals surface area contributed by atoms with Gasteiger partial charge in [0, 0.05) is 0 Å². The molecule has 0 amide bonds. The molecular formula is C10H17N. The van der Waals surface area contributed by atoms with Crippen molar-refractivity contribution in [3.8, 4) is 0 Å². The van der Waals surface area contributed by atoms with Crippen LogP contribution in [0.15, 0.2) is 24.8 Å². The van der Waals surface area contributed by atoms with Crippen LogP contribution in [0, 0.1) is 5.92 Å². The summed E-state index contributed by atoms with van der Waals surface area (Å²) < 4.78 is 0. The molecule has 1 heteroatoms. The quantitative estimate of drug-likeness (QED) is 0.546. The number of piperidine rings is 1. The molecular weight excluding hydrogens is 134 g/mol. The van der Waals surface area contributed by atoms with Crippen molar-refractivity contribution in [2.75, 3.05) is 20.1 Å². The number of hydrogen-bond donors (Lipinski definition) is 0. The Labute approximate surface area is 69.4 Å². The lowest BCUT2D eigenvalue weighted by molar-refractivity contribution is 0.244. The molecule has 0 aromatic rings. The summed E-state index contributed by atoms with van der Waals surface area (Å²) >= 11 is 0. The Balaban J connectivity index is 2.27. The molecule has 1 aliphatic rings. The first-order chi connectivity index (χ1) is 5.33. The molecule has 0 bridgehead atoms. The fourth-order valence-electron chi connectivity index (χ4n) is 1.46. The SMILES string of the molecule is C=C/C=C/C1CCN(C)CC1. The Morgan fingerprint density at radius 3 is 2.55 bits per heavy atom. The van der Waals surface area contributed by atoms with Gasteiger partial charge in [0.05, 0.1) is 0 Å². The van der Waals surface area contributed by atoms with Crippen LogP contribution in [-0.4, -0.2) is 25.0 Å². The molecule has 0 saturated carbocycles. The van der Waals surface area contributed by atoms with Crippen LogP contribution < -0.4 is 0 Å². The van der Waals surface area contributed by atoms with Crippen molar-refractivity contribution in [2.45, 2.75) is 12.8 Å². The van der Waals surface area contributed by atoms with E-state index in [9.17, 15) is 0 Å². The topological polar surface area (TPSA) is 3.24 Å². The molecule has 0 radical (unpaired) electrons. The molecule has 1 nitrogen and oxygen atoms in total. The second-order valence-electron chi connectivity index (χ2n) is 3.26. The third-order valence-electron chi connectivity index (χ3n) is 2.28. The number of rotatable bonds is 2.